The average Bonchev–Trinajstić information content (AvgIpc) is 2.92. The Labute approximate surface area is 135 Å². The predicted octanol–water partition coefficient (Wildman–Crippen LogP) is 4.99. The van der Waals surface area contributed by atoms with Crippen LogP contribution in [0.15, 0.2) is 48.5 Å². The van der Waals surface area contributed by atoms with Crippen LogP contribution in [0.4, 0.5) is 0 Å². The topological polar surface area (TPSA) is 27.8 Å². The van der Waals surface area contributed by atoms with E-state index >= 15 is 0 Å². The van der Waals surface area contributed by atoms with Crippen molar-refractivity contribution in [2.45, 2.75) is 31.8 Å². The molecule has 0 amide bonds. The lowest BCUT2D eigenvalue weighted by Gasteiger charge is -2.24. The maximum atomic E-state index is 6.17. The van der Waals surface area contributed by atoms with E-state index in [9.17, 15) is 0 Å². The van der Waals surface area contributed by atoms with Crippen molar-refractivity contribution >= 4 is 22.5 Å². The standard InChI is InChI=1S/C19H19ClN2/c20-14-9-10-17-16(11-14)15-7-4-8-18(19(15)22-17)21-12-13-5-2-1-3-6-13/h1-3,5-6,9-11,18,21-22H,4,7-8,12H2/t18-/m0/s1. The third-order valence-corrected chi connectivity index (χ3v) is 4.80. The maximum Gasteiger partial charge on any atom is 0.0478 e. The van der Waals surface area contributed by atoms with Crippen molar-refractivity contribution in [1.82, 2.24) is 10.3 Å². The summed E-state index contributed by atoms with van der Waals surface area (Å²) in [5, 5.41) is 5.80. The van der Waals surface area contributed by atoms with Gasteiger partial charge in [-0.3, -0.25) is 0 Å². The van der Waals surface area contributed by atoms with Crippen LogP contribution >= 0.6 is 11.6 Å². The van der Waals surface area contributed by atoms with Gasteiger partial charge in [-0.15, -0.1) is 0 Å². The molecule has 1 heterocycles. The van der Waals surface area contributed by atoms with E-state index < -0.39 is 0 Å². The predicted molar refractivity (Wildman–Crippen MR) is 92.3 cm³/mol. The minimum atomic E-state index is 0.398. The maximum absolute atomic E-state index is 6.17. The fourth-order valence-electron chi connectivity index (χ4n) is 3.48. The lowest BCUT2D eigenvalue weighted by molar-refractivity contribution is 0.452. The molecule has 22 heavy (non-hydrogen) atoms. The molecule has 2 aromatic carbocycles. The molecule has 0 saturated carbocycles. The molecule has 1 aliphatic rings. The van der Waals surface area contributed by atoms with Crippen molar-refractivity contribution < 1.29 is 0 Å². The van der Waals surface area contributed by atoms with Gasteiger partial charge in [0.25, 0.3) is 0 Å². The van der Waals surface area contributed by atoms with Gasteiger partial charge in [-0.2, -0.15) is 0 Å². The van der Waals surface area contributed by atoms with Crippen molar-refractivity contribution in [1.29, 1.82) is 0 Å². The number of aryl methyl sites for hydroxylation is 1. The molecule has 3 heteroatoms. The summed E-state index contributed by atoms with van der Waals surface area (Å²) in [4.78, 5) is 3.61. The Hall–Kier alpha value is -1.77. The highest BCUT2D eigenvalue weighted by Crippen LogP contribution is 2.35. The van der Waals surface area contributed by atoms with E-state index in [2.05, 4.69) is 52.8 Å². The first kappa shape index (κ1) is 13.9. The largest absolute Gasteiger partial charge is 0.357 e. The van der Waals surface area contributed by atoms with Crippen LogP contribution in [0, 0.1) is 0 Å². The molecule has 0 unspecified atom stereocenters. The summed E-state index contributed by atoms with van der Waals surface area (Å²) in [6.07, 6.45) is 3.54. The zero-order valence-corrected chi connectivity index (χ0v) is 13.2. The first-order valence-electron chi connectivity index (χ1n) is 7.88. The summed E-state index contributed by atoms with van der Waals surface area (Å²) in [6, 6.07) is 17.1. The highest BCUT2D eigenvalue weighted by molar-refractivity contribution is 6.31. The van der Waals surface area contributed by atoms with Gasteiger partial charge < -0.3 is 10.3 Å². The van der Waals surface area contributed by atoms with E-state index in [-0.39, 0.29) is 0 Å². The van der Waals surface area contributed by atoms with Crippen molar-refractivity contribution in [3.8, 4) is 0 Å². The van der Waals surface area contributed by atoms with Crippen LogP contribution in [0.5, 0.6) is 0 Å². The molecule has 2 nitrogen and oxygen atoms in total. The molecule has 1 aromatic heterocycles. The Morgan fingerprint density at radius 2 is 2.00 bits per heavy atom. The molecule has 1 atom stereocenters. The monoisotopic (exact) mass is 310 g/mol. The number of hydrogen-bond acceptors (Lipinski definition) is 1. The molecule has 1 aliphatic carbocycles. The summed E-state index contributed by atoms with van der Waals surface area (Å²) in [7, 11) is 0. The van der Waals surface area contributed by atoms with Gasteiger partial charge in [-0.1, -0.05) is 41.9 Å². The van der Waals surface area contributed by atoms with Gasteiger partial charge in [-0.05, 0) is 48.6 Å². The van der Waals surface area contributed by atoms with Crippen LogP contribution in [0.2, 0.25) is 5.02 Å². The molecule has 4 rings (SSSR count). The Morgan fingerprint density at radius 1 is 1.14 bits per heavy atom. The Balaban J connectivity index is 1.63. The van der Waals surface area contributed by atoms with Gasteiger partial charge in [0.2, 0.25) is 0 Å². The lowest BCUT2D eigenvalue weighted by Crippen LogP contribution is -2.24. The van der Waals surface area contributed by atoms with E-state index in [1.54, 1.807) is 0 Å². The molecule has 0 bridgehead atoms. The van der Waals surface area contributed by atoms with Crippen LogP contribution in [-0.4, -0.2) is 4.98 Å². The number of rotatable bonds is 3. The average molecular weight is 311 g/mol. The van der Waals surface area contributed by atoms with Crippen molar-refractivity contribution in [3.63, 3.8) is 0 Å². The number of halogens is 1. The molecule has 2 N–H and O–H groups in total. The smallest absolute Gasteiger partial charge is 0.0478 e. The second kappa shape index (κ2) is 5.79. The molecule has 112 valence electrons. The van der Waals surface area contributed by atoms with E-state index in [0.717, 1.165) is 18.0 Å². The molecule has 3 aromatic rings. The third-order valence-electron chi connectivity index (χ3n) is 4.56. The molecule has 0 aliphatic heterocycles. The SMILES string of the molecule is Clc1ccc2[nH]c3c(c2c1)CCC[C@@H]3NCc1ccccc1. The Bertz CT molecular complexity index is 792. The number of fused-ring (bicyclic) bond motifs is 3. The summed E-state index contributed by atoms with van der Waals surface area (Å²) < 4.78 is 0. The van der Waals surface area contributed by atoms with E-state index in [1.807, 2.05) is 6.07 Å². The van der Waals surface area contributed by atoms with Crippen LogP contribution < -0.4 is 5.32 Å². The molecule has 0 saturated heterocycles. The molecule has 0 spiro atoms. The lowest BCUT2D eigenvalue weighted by atomic mass is 9.91. The van der Waals surface area contributed by atoms with Gasteiger partial charge >= 0.3 is 0 Å². The summed E-state index contributed by atoms with van der Waals surface area (Å²) >= 11 is 6.17. The quantitative estimate of drug-likeness (QED) is 0.701. The van der Waals surface area contributed by atoms with E-state index in [4.69, 9.17) is 11.6 Å². The van der Waals surface area contributed by atoms with Crippen LogP contribution in [0.1, 0.15) is 35.7 Å². The summed E-state index contributed by atoms with van der Waals surface area (Å²) in [5.41, 5.74) is 5.31. The highest BCUT2D eigenvalue weighted by Gasteiger charge is 2.23. The first-order chi connectivity index (χ1) is 10.8. The number of aromatic amines is 1. The second-order valence-electron chi connectivity index (χ2n) is 6.02. The zero-order chi connectivity index (χ0) is 14.9. The van der Waals surface area contributed by atoms with Crippen LogP contribution in [-0.2, 0) is 13.0 Å². The second-order valence-corrected chi connectivity index (χ2v) is 6.45. The Morgan fingerprint density at radius 3 is 2.86 bits per heavy atom. The van der Waals surface area contributed by atoms with Crippen LogP contribution in [0.3, 0.4) is 0 Å². The molecular formula is C19H19ClN2. The minimum absolute atomic E-state index is 0.398. The van der Waals surface area contributed by atoms with E-state index in [1.165, 1.54) is 40.6 Å². The number of H-pyrrole nitrogens is 1. The van der Waals surface area contributed by atoms with Crippen molar-refractivity contribution in [2.24, 2.45) is 0 Å². The highest BCUT2D eigenvalue weighted by atomic mass is 35.5. The number of hydrogen-bond donors (Lipinski definition) is 2. The van der Waals surface area contributed by atoms with Crippen molar-refractivity contribution in [2.75, 3.05) is 0 Å². The normalized spacial score (nSPS) is 17.6. The fraction of sp³-hybridized carbons (Fsp3) is 0.263. The van der Waals surface area contributed by atoms with Gasteiger partial charge in [0.1, 0.15) is 0 Å². The van der Waals surface area contributed by atoms with Crippen LogP contribution in [0.25, 0.3) is 10.9 Å². The summed E-state index contributed by atoms with van der Waals surface area (Å²) in [5.74, 6) is 0. The van der Waals surface area contributed by atoms with E-state index in [0.29, 0.717) is 6.04 Å². The van der Waals surface area contributed by atoms with Gasteiger partial charge in [-0.25, -0.2) is 0 Å². The number of nitrogens with one attached hydrogen (secondary N) is 2. The summed E-state index contributed by atoms with van der Waals surface area (Å²) in [6.45, 7) is 0.904. The fourth-order valence-corrected chi connectivity index (χ4v) is 3.65. The number of benzene rings is 2. The molecule has 0 fully saturated rings. The number of aromatic nitrogens is 1. The van der Waals surface area contributed by atoms with Crippen molar-refractivity contribution in [3.05, 3.63) is 70.4 Å². The van der Waals surface area contributed by atoms with Gasteiger partial charge in [0.05, 0.1) is 0 Å². The molecular weight excluding hydrogens is 292 g/mol. The van der Waals surface area contributed by atoms with Gasteiger partial charge in [0, 0.05) is 34.2 Å². The van der Waals surface area contributed by atoms with Gasteiger partial charge in [0.15, 0.2) is 0 Å². The Kier molecular flexibility index (Phi) is 3.65. The molecule has 0 radical (unpaired) electrons. The third kappa shape index (κ3) is 2.53. The minimum Gasteiger partial charge on any atom is -0.357 e. The zero-order valence-electron chi connectivity index (χ0n) is 12.4. The first-order valence-corrected chi connectivity index (χ1v) is 8.26.